The van der Waals surface area contributed by atoms with E-state index >= 15 is 0 Å². The number of ether oxygens (including phenoxy) is 1. The molecule has 0 aromatic heterocycles. The van der Waals surface area contributed by atoms with Gasteiger partial charge in [-0.15, -0.1) is 0 Å². The number of carbonyl (C=O) groups excluding carboxylic acids is 2. The normalized spacial score (nSPS) is 18.7. The summed E-state index contributed by atoms with van der Waals surface area (Å²) in [5, 5.41) is 0. The van der Waals surface area contributed by atoms with Crippen molar-refractivity contribution in [2.45, 2.75) is 19.3 Å². The second-order valence-electron chi connectivity index (χ2n) is 3.24. The molecule has 1 fully saturated rings. The van der Waals surface area contributed by atoms with Gasteiger partial charge >= 0.3 is 5.97 Å². The first-order valence-electron chi connectivity index (χ1n) is 4.53. The molecule has 4 nitrogen and oxygen atoms in total. The van der Waals surface area contributed by atoms with Gasteiger partial charge in [0.25, 0.3) is 0 Å². The van der Waals surface area contributed by atoms with Crippen LogP contribution in [0.25, 0.3) is 0 Å². The summed E-state index contributed by atoms with van der Waals surface area (Å²) in [5.74, 6) is 0.0640. The van der Waals surface area contributed by atoms with Gasteiger partial charge in [0.2, 0.25) is 0 Å². The Balaban J connectivity index is 2.20. The van der Waals surface area contributed by atoms with Crippen LogP contribution in [0.1, 0.15) is 19.3 Å². The second-order valence-corrected chi connectivity index (χ2v) is 3.24. The van der Waals surface area contributed by atoms with Gasteiger partial charge in [-0.3, -0.25) is 14.5 Å². The quantitative estimate of drug-likeness (QED) is 0.590. The van der Waals surface area contributed by atoms with Crippen molar-refractivity contribution < 1.29 is 14.3 Å². The SMILES string of the molecule is COC(=O)CCN1CCCC(=O)C1. The third kappa shape index (κ3) is 3.55. The van der Waals surface area contributed by atoms with E-state index in [0.29, 0.717) is 25.9 Å². The van der Waals surface area contributed by atoms with Crippen LogP contribution in [0, 0.1) is 0 Å². The number of piperidine rings is 1. The number of carbonyl (C=O) groups is 2. The fourth-order valence-corrected chi connectivity index (χ4v) is 1.45. The van der Waals surface area contributed by atoms with Crippen LogP contribution in [-0.4, -0.2) is 43.4 Å². The van der Waals surface area contributed by atoms with Crippen molar-refractivity contribution in [2.24, 2.45) is 0 Å². The van der Waals surface area contributed by atoms with Crippen molar-refractivity contribution in [1.82, 2.24) is 4.90 Å². The molecular formula is C9H15NO3. The molecule has 0 N–H and O–H groups in total. The Bertz CT molecular complexity index is 203. The van der Waals surface area contributed by atoms with E-state index in [2.05, 4.69) is 4.74 Å². The first-order chi connectivity index (χ1) is 6.22. The molecule has 13 heavy (non-hydrogen) atoms. The molecule has 0 saturated carbocycles. The minimum atomic E-state index is -0.210. The highest BCUT2D eigenvalue weighted by Gasteiger charge is 2.16. The standard InChI is InChI=1S/C9H15NO3/c1-13-9(12)4-6-10-5-2-3-8(11)7-10/h2-7H2,1H3. The van der Waals surface area contributed by atoms with Crippen molar-refractivity contribution >= 4 is 11.8 Å². The van der Waals surface area contributed by atoms with Crippen molar-refractivity contribution in [3.05, 3.63) is 0 Å². The van der Waals surface area contributed by atoms with Crippen LogP contribution < -0.4 is 0 Å². The molecule has 4 heteroatoms. The molecule has 1 aliphatic heterocycles. The van der Waals surface area contributed by atoms with Crippen LogP contribution >= 0.6 is 0 Å². The molecule has 1 heterocycles. The molecule has 0 aliphatic carbocycles. The highest BCUT2D eigenvalue weighted by atomic mass is 16.5. The van der Waals surface area contributed by atoms with E-state index in [-0.39, 0.29) is 11.8 Å². The Morgan fingerprint density at radius 1 is 1.62 bits per heavy atom. The van der Waals surface area contributed by atoms with E-state index in [4.69, 9.17) is 0 Å². The van der Waals surface area contributed by atoms with Gasteiger partial charge in [-0.25, -0.2) is 0 Å². The van der Waals surface area contributed by atoms with Gasteiger partial charge in [0, 0.05) is 13.0 Å². The van der Waals surface area contributed by atoms with Crippen molar-refractivity contribution in [3.63, 3.8) is 0 Å². The zero-order valence-electron chi connectivity index (χ0n) is 7.91. The highest BCUT2D eigenvalue weighted by molar-refractivity contribution is 5.81. The van der Waals surface area contributed by atoms with E-state index in [1.165, 1.54) is 7.11 Å². The molecule has 0 aromatic rings. The van der Waals surface area contributed by atoms with Crippen LogP contribution in [0.4, 0.5) is 0 Å². The zero-order chi connectivity index (χ0) is 9.68. The molecule has 0 bridgehead atoms. The lowest BCUT2D eigenvalue weighted by atomic mass is 10.1. The summed E-state index contributed by atoms with van der Waals surface area (Å²) in [5.41, 5.74) is 0. The van der Waals surface area contributed by atoms with Gasteiger partial charge in [-0.2, -0.15) is 0 Å². The number of Topliss-reactive ketones (excluding diaryl/α,β-unsaturated/α-hetero) is 1. The second kappa shape index (κ2) is 4.97. The zero-order valence-corrected chi connectivity index (χ0v) is 7.91. The molecule has 0 unspecified atom stereocenters. The molecule has 0 spiro atoms. The fraction of sp³-hybridized carbons (Fsp3) is 0.778. The minimum Gasteiger partial charge on any atom is -0.469 e. The molecule has 1 aliphatic rings. The number of hydrogen-bond acceptors (Lipinski definition) is 4. The summed E-state index contributed by atoms with van der Waals surface area (Å²) < 4.78 is 4.52. The summed E-state index contributed by atoms with van der Waals surface area (Å²) in [4.78, 5) is 23.8. The molecule has 1 saturated heterocycles. The largest absolute Gasteiger partial charge is 0.469 e. The predicted molar refractivity (Wildman–Crippen MR) is 47.3 cm³/mol. The lowest BCUT2D eigenvalue weighted by molar-refractivity contribution is -0.141. The van der Waals surface area contributed by atoms with Crippen LogP contribution in [0.2, 0.25) is 0 Å². The number of likely N-dealkylation sites (tertiary alicyclic amines) is 1. The summed E-state index contributed by atoms with van der Waals surface area (Å²) in [7, 11) is 1.38. The van der Waals surface area contributed by atoms with Crippen molar-refractivity contribution in [2.75, 3.05) is 26.7 Å². The third-order valence-corrected chi connectivity index (χ3v) is 2.19. The molecule has 1 rings (SSSR count). The average Bonchev–Trinajstić information content (AvgIpc) is 2.14. The van der Waals surface area contributed by atoms with E-state index in [1.807, 2.05) is 4.90 Å². The summed E-state index contributed by atoms with van der Waals surface area (Å²) in [6, 6.07) is 0. The van der Waals surface area contributed by atoms with Crippen LogP contribution in [0.5, 0.6) is 0 Å². The van der Waals surface area contributed by atoms with Gasteiger partial charge in [-0.05, 0) is 13.0 Å². The van der Waals surface area contributed by atoms with E-state index in [0.717, 1.165) is 13.0 Å². The maximum Gasteiger partial charge on any atom is 0.306 e. The summed E-state index contributed by atoms with van der Waals surface area (Å²) >= 11 is 0. The molecule has 0 atom stereocenters. The topological polar surface area (TPSA) is 46.6 Å². The van der Waals surface area contributed by atoms with Gasteiger partial charge in [0.15, 0.2) is 0 Å². The van der Waals surface area contributed by atoms with Gasteiger partial charge in [-0.1, -0.05) is 0 Å². The van der Waals surface area contributed by atoms with E-state index in [9.17, 15) is 9.59 Å². The molecule has 0 amide bonds. The number of hydrogen-bond donors (Lipinski definition) is 0. The molecule has 0 aromatic carbocycles. The fourth-order valence-electron chi connectivity index (χ4n) is 1.45. The van der Waals surface area contributed by atoms with Crippen LogP contribution in [-0.2, 0) is 14.3 Å². The summed E-state index contributed by atoms with van der Waals surface area (Å²) in [6.45, 7) is 2.05. The average molecular weight is 185 g/mol. The lowest BCUT2D eigenvalue weighted by Crippen LogP contribution is -2.36. The van der Waals surface area contributed by atoms with Crippen molar-refractivity contribution in [1.29, 1.82) is 0 Å². The Labute approximate surface area is 77.8 Å². The van der Waals surface area contributed by atoms with E-state index < -0.39 is 0 Å². The monoisotopic (exact) mass is 185 g/mol. The molecule has 74 valence electrons. The van der Waals surface area contributed by atoms with Crippen LogP contribution in [0.3, 0.4) is 0 Å². The highest BCUT2D eigenvalue weighted by Crippen LogP contribution is 2.06. The lowest BCUT2D eigenvalue weighted by Gasteiger charge is -2.24. The Kier molecular flexibility index (Phi) is 3.89. The summed E-state index contributed by atoms with van der Waals surface area (Å²) in [6.07, 6.45) is 1.98. The van der Waals surface area contributed by atoms with Gasteiger partial charge in [0.05, 0.1) is 20.1 Å². The Morgan fingerprint density at radius 2 is 2.38 bits per heavy atom. The number of rotatable bonds is 3. The number of methoxy groups -OCH3 is 1. The Hall–Kier alpha value is -0.900. The smallest absolute Gasteiger partial charge is 0.306 e. The maximum absolute atomic E-state index is 11.0. The molecule has 0 radical (unpaired) electrons. The predicted octanol–water partition coefficient (Wildman–Crippen LogP) is 0.214. The third-order valence-electron chi connectivity index (χ3n) is 2.19. The number of esters is 1. The first kappa shape index (κ1) is 10.2. The van der Waals surface area contributed by atoms with Gasteiger partial charge < -0.3 is 4.74 Å². The first-order valence-corrected chi connectivity index (χ1v) is 4.53. The number of nitrogens with zero attached hydrogens (tertiary/aromatic N) is 1. The van der Waals surface area contributed by atoms with Crippen LogP contribution in [0.15, 0.2) is 0 Å². The minimum absolute atomic E-state index is 0.210. The van der Waals surface area contributed by atoms with Crippen molar-refractivity contribution in [3.8, 4) is 0 Å². The number of ketones is 1. The maximum atomic E-state index is 11.0. The van der Waals surface area contributed by atoms with E-state index in [1.54, 1.807) is 0 Å². The molecular weight excluding hydrogens is 170 g/mol. The Morgan fingerprint density at radius 3 is 3.00 bits per heavy atom. The van der Waals surface area contributed by atoms with Gasteiger partial charge in [0.1, 0.15) is 5.78 Å².